The predicted molar refractivity (Wildman–Crippen MR) is 122 cm³/mol. The van der Waals surface area contributed by atoms with Crippen LogP contribution in [0.1, 0.15) is 17.3 Å². The number of methoxy groups -OCH3 is 1. The highest BCUT2D eigenvalue weighted by molar-refractivity contribution is 7.87. The Bertz CT molecular complexity index is 1160. The minimum absolute atomic E-state index is 0.202. The maximum Gasteiger partial charge on any atom is 0.407 e. The quantitative estimate of drug-likeness (QED) is 0.333. The Kier molecular flexibility index (Phi) is 7.80. The molecule has 3 aromatic rings. The van der Waals surface area contributed by atoms with Crippen molar-refractivity contribution in [3.05, 3.63) is 58.4 Å². The molecule has 2 heterocycles. The van der Waals surface area contributed by atoms with Crippen molar-refractivity contribution < 1.29 is 27.3 Å². The first kappa shape index (κ1) is 23.7. The number of benzene rings is 1. The van der Waals surface area contributed by atoms with Gasteiger partial charge in [0.15, 0.2) is 0 Å². The van der Waals surface area contributed by atoms with Crippen LogP contribution in [0.3, 0.4) is 0 Å². The van der Waals surface area contributed by atoms with Crippen LogP contribution in [0, 0.1) is 0 Å². The van der Waals surface area contributed by atoms with Gasteiger partial charge in [0.1, 0.15) is 11.6 Å². The summed E-state index contributed by atoms with van der Waals surface area (Å²) in [6.45, 7) is -0.262. The lowest BCUT2D eigenvalue weighted by Crippen LogP contribution is -2.39. The lowest BCUT2D eigenvalue weighted by atomic mass is 10.0. The molecule has 0 spiro atoms. The molecule has 4 N–H and O–H groups in total. The number of nitrogens with one attached hydrogen (secondary N) is 3. The Balaban J connectivity index is 1.77. The number of carbonyl (C=O) groups excluding carboxylic acids is 2. The fourth-order valence-electron chi connectivity index (χ4n) is 2.75. The molecule has 0 aliphatic heterocycles. The van der Waals surface area contributed by atoms with E-state index in [2.05, 4.69) is 20.4 Å². The number of anilines is 1. The van der Waals surface area contributed by atoms with E-state index in [4.69, 9.17) is 4.55 Å². The van der Waals surface area contributed by atoms with Crippen LogP contribution in [-0.4, -0.2) is 43.6 Å². The summed E-state index contributed by atoms with van der Waals surface area (Å²) in [6, 6.07) is 9.74. The summed E-state index contributed by atoms with van der Waals surface area (Å²) in [4.78, 5) is 29.3. The number of hydrogen-bond acceptors (Lipinski definition) is 8. The van der Waals surface area contributed by atoms with Crippen molar-refractivity contribution in [1.29, 1.82) is 0 Å². The number of thiophene rings is 1. The van der Waals surface area contributed by atoms with E-state index in [9.17, 15) is 18.0 Å². The topological polar surface area (TPSA) is 147 Å². The molecule has 0 saturated carbocycles. The number of alkyl carbamates (subject to hydrolysis) is 1. The lowest BCUT2D eigenvalue weighted by Gasteiger charge is -2.18. The minimum Gasteiger partial charge on any atom is -0.453 e. The molecule has 1 atom stereocenters. The highest BCUT2D eigenvalue weighted by Crippen LogP contribution is 2.30. The molecular formula is C19H20N4O6S3. The summed E-state index contributed by atoms with van der Waals surface area (Å²) in [5.41, 5.74) is 1.65. The fourth-order valence-corrected chi connectivity index (χ4v) is 4.87. The van der Waals surface area contributed by atoms with E-state index in [0.29, 0.717) is 12.1 Å². The summed E-state index contributed by atoms with van der Waals surface area (Å²) in [5, 5.41) is 9.84. The number of amides is 2. The smallest absolute Gasteiger partial charge is 0.407 e. The summed E-state index contributed by atoms with van der Waals surface area (Å²) in [5.74, 6) is -0.421. The Morgan fingerprint density at radius 3 is 2.56 bits per heavy atom. The number of hydrogen-bond donors (Lipinski definition) is 4. The molecule has 3 rings (SSSR count). The monoisotopic (exact) mass is 496 g/mol. The predicted octanol–water partition coefficient (Wildman–Crippen LogP) is 2.84. The van der Waals surface area contributed by atoms with Crippen LogP contribution in [0.15, 0.2) is 47.2 Å². The molecular weight excluding hydrogens is 476 g/mol. The van der Waals surface area contributed by atoms with Gasteiger partial charge in [0.2, 0.25) is 5.91 Å². The van der Waals surface area contributed by atoms with Gasteiger partial charge in [-0.05, 0) is 35.6 Å². The van der Waals surface area contributed by atoms with E-state index >= 15 is 0 Å². The highest BCUT2D eigenvalue weighted by atomic mass is 32.2. The van der Waals surface area contributed by atoms with Crippen LogP contribution >= 0.6 is 22.7 Å². The normalized spacial score (nSPS) is 12.1. The van der Waals surface area contributed by atoms with Crippen LogP contribution in [0.2, 0.25) is 0 Å². The zero-order chi connectivity index (χ0) is 23.1. The molecule has 2 amide bonds. The Labute approximate surface area is 192 Å². The number of nitrogens with zero attached hydrogens (tertiary/aromatic N) is 1. The fraction of sp³-hybridized carbons (Fsp3) is 0.211. The van der Waals surface area contributed by atoms with Crippen LogP contribution in [-0.2, 0) is 26.3 Å². The first-order valence-electron chi connectivity index (χ1n) is 9.18. The molecule has 10 nitrogen and oxygen atoms in total. The maximum atomic E-state index is 12.4. The lowest BCUT2D eigenvalue weighted by molar-refractivity contribution is -0.120. The third-order valence-corrected chi connectivity index (χ3v) is 6.56. The van der Waals surface area contributed by atoms with E-state index in [0.717, 1.165) is 15.4 Å². The van der Waals surface area contributed by atoms with Crippen molar-refractivity contribution >= 4 is 50.7 Å². The summed E-state index contributed by atoms with van der Waals surface area (Å²) < 4.78 is 37.2. The van der Waals surface area contributed by atoms with Crippen LogP contribution < -0.4 is 15.4 Å². The van der Waals surface area contributed by atoms with E-state index in [-0.39, 0.29) is 12.2 Å². The van der Waals surface area contributed by atoms with Gasteiger partial charge in [0.05, 0.1) is 29.4 Å². The van der Waals surface area contributed by atoms with E-state index < -0.39 is 28.3 Å². The SMILES string of the molecule is COC(=O)NCC(=O)N[C@@H](Cc1ccc(NS(=O)(=O)O)cc1)c1csc(-c2cccs2)n1. The number of ether oxygens (including phenoxy) is 1. The first-order valence-corrected chi connectivity index (χ1v) is 12.4. The molecule has 2 aromatic heterocycles. The second kappa shape index (κ2) is 10.5. The summed E-state index contributed by atoms with van der Waals surface area (Å²) >= 11 is 3.02. The molecule has 32 heavy (non-hydrogen) atoms. The maximum absolute atomic E-state index is 12.4. The van der Waals surface area contributed by atoms with Crippen molar-refractivity contribution in [3.63, 3.8) is 0 Å². The van der Waals surface area contributed by atoms with Gasteiger partial charge in [0, 0.05) is 5.38 Å². The van der Waals surface area contributed by atoms with Crippen molar-refractivity contribution in [1.82, 2.24) is 15.6 Å². The molecule has 0 saturated heterocycles. The van der Waals surface area contributed by atoms with E-state index in [1.165, 1.54) is 30.6 Å². The molecule has 170 valence electrons. The van der Waals surface area contributed by atoms with Gasteiger partial charge in [-0.15, -0.1) is 22.7 Å². The third kappa shape index (κ3) is 7.02. The molecule has 0 aliphatic rings. The zero-order valence-electron chi connectivity index (χ0n) is 16.8. The van der Waals surface area contributed by atoms with Crippen molar-refractivity contribution in [2.24, 2.45) is 0 Å². The molecule has 0 fully saturated rings. The average Bonchev–Trinajstić information content (AvgIpc) is 3.43. The van der Waals surface area contributed by atoms with Crippen molar-refractivity contribution in [2.45, 2.75) is 12.5 Å². The van der Waals surface area contributed by atoms with Gasteiger partial charge >= 0.3 is 16.4 Å². The number of thiazole rings is 1. The second-order valence-electron chi connectivity index (χ2n) is 6.50. The molecule has 0 bridgehead atoms. The number of carbonyl (C=O) groups is 2. The van der Waals surface area contributed by atoms with E-state index in [1.54, 1.807) is 23.5 Å². The molecule has 0 unspecified atom stereocenters. The van der Waals surface area contributed by atoms with Gasteiger partial charge in [0.25, 0.3) is 0 Å². The van der Waals surface area contributed by atoms with Crippen molar-refractivity contribution in [3.8, 4) is 9.88 Å². The Morgan fingerprint density at radius 1 is 1.19 bits per heavy atom. The van der Waals surface area contributed by atoms with Crippen LogP contribution in [0.5, 0.6) is 0 Å². The third-order valence-electron chi connectivity index (χ3n) is 4.17. The van der Waals surface area contributed by atoms with Gasteiger partial charge in [-0.3, -0.25) is 14.1 Å². The first-order chi connectivity index (χ1) is 15.2. The van der Waals surface area contributed by atoms with E-state index in [1.807, 2.05) is 27.6 Å². The summed E-state index contributed by atoms with van der Waals surface area (Å²) in [7, 11) is -3.16. The largest absolute Gasteiger partial charge is 0.453 e. The van der Waals surface area contributed by atoms with Gasteiger partial charge < -0.3 is 15.4 Å². The molecule has 0 aliphatic carbocycles. The van der Waals surface area contributed by atoms with Crippen LogP contribution in [0.4, 0.5) is 10.5 Å². The van der Waals surface area contributed by atoms with Gasteiger partial charge in [-0.2, -0.15) is 8.42 Å². The summed E-state index contributed by atoms with van der Waals surface area (Å²) in [6.07, 6.45) is -0.351. The van der Waals surface area contributed by atoms with Crippen LogP contribution in [0.25, 0.3) is 9.88 Å². The highest BCUT2D eigenvalue weighted by Gasteiger charge is 2.20. The molecule has 1 aromatic carbocycles. The van der Waals surface area contributed by atoms with Gasteiger partial charge in [-0.25, -0.2) is 9.78 Å². The van der Waals surface area contributed by atoms with Crippen molar-refractivity contribution in [2.75, 3.05) is 18.4 Å². The molecule has 0 radical (unpaired) electrons. The zero-order valence-corrected chi connectivity index (χ0v) is 19.2. The number of aromatic nitrogens is 1. The average molecular weight is 497 g/mol. The molecule has 13 heteroatoms. The minimum atomic E-state index is -4.37. The standard InChI is InChI=1S/C19H20N4O6S3/c1-29-19(25)20-10-17(24)21-14(15-11-31-18(22-15)16-3-2-8-30-16)9-12-4-6-13(7-5-12)23-32(26,27)28/h2-8,11,14,23H,9-10H2,1H3,(H,20,25)(H,21,24)(H,26,27,28)/t14-/m0/s1. The number of rotatable bonds is 9. The Morgan fingerprint density at radius 2 is 1.94 bits per heavy atom. The second-order valence-corrected chi connectivity index (χ2v) is 9.46. The van der Waals surface area contributed by atoms with Gasteiger partial charge in [-0.1, -0.05) is 18.2 Å². The Hall–Kier alpha value is -3.00.